The molecule has 0 fully saturated rings. The van der Waals surface area contributed by atoms with E-state index in [1.165, 1.54) is 11.0 Å². The second-order valence-electron chi connectivity index (χ2n) is 7.67. The van der Waals surface area contributed by atoms with E-state index < -0.39 is 23.9 Å². The molecule has 0 unspecified atom stereocenters. The number of hydrogen-bond acceptors (Lipinski definition) is 5. The molecule has 2 aromatic carbocycles. The van der Waals surface area contributed by atoms with Crippen LogP contribution in [0.25, 0.3) is 0 Å². The lowest BCUT2D eigenvalue weighted by molar-refractivity contribution is -0.142. The van der Waals surface area contributed by atoms with Crippen molar-refractivity contribution in [2.75, 3.05) is 13.1 Å². The monoisotopic (exact) mass is 435 g/mol. The van der Waals surface area contributed by atoms with E-state index in [0.29, 0.717) is 11.1 Å². The smallest absolute Gasteiger partial charge is 0.410 e. The number of Topliss-reactive ketones (excluding diaryl/α,β-unsaturated/α-hetero) is 2. The summed E-state index contributed by atoms with van der Waals surface area (Å²) in [6, 6.07) is 15.8. The zero-order valence-corrected chi connectivity index (χ0v) is 17.6. The summed E-state index contributed by atoms with van der Waals surface area (Å²) >= 11 is 0. The molecule has 0 heterocycles. The highest BCUT2D eigenvalue weighted by Crippen LogP contribution is 2.30. The van der Waals surface area contributed by atoms with Crippen LogP contribution in [-0.2, 0) is 16.1 Å². The lowest BCUT2D eigenvalue weighted by Gasteiger charge is -2.24. The molecule has 0 spiro atoms. The Morgan fingerprint density at radius 2 is 1.62 bits per heavy atom. The average molecular weight is 435 g/mol. The van der Waals surface area contributed by atoms with Gasteiger partial charge in [0.05, 0.1) is 11.8 Å². The second kappa shape index (κ2) is 10.5. The minimum atomic E-state index is -1.11. The van der Waals surface area contributed by atoms with Crippen LogP contribution in [0.15, 0.2) is 67.3 Å². The Hall–Kier alpha value is -3.74. The van der Waals surface area contributed by atoms with Crippen LogP contribution in [0.1, 0.15) is 39.1 Å². The average Bonchev–Trinajstić information content (AvgIpc) is 3.04. The third-order valence-electron chi connectivity index (χ3n) is 5.50. The van der Waals surface area contributed by atoms with Crippen LogP contribution in [0.3, 0.4) is 0 Å². The highest BCUT2D eigenvalue weighted by Gasteiger charge is 2.38. The van der Waals surface area contributed by atoms with E-state index in [9.17, 15) is 24.3 Å². The van der Waals surface area contributed by atoms with E-state index in [4.69, 9.17) is 4.74 Å². The number of carboxylic acid groups (broad SMARTS) is 1. The molecular weight excluding hydrogens is 410 g/mol. The lowest BCUT2D eigenvalue weighted by atomic mass is 9.92. The summed E-state index contributed by atoms with van der Waals surface area (Å²) in [5, 5.41) is 9.68. The van der Waals surface area contributed by atoms with Gasteiger partial charge in [0.15, 0.2) is 11.6 Å². The molecule has 1 aliphatic carbocycles. The van der Waals surface area contributed by atoms with Gasteiger partial charge in [-0.2, -0.15) is 0 Å². The normalized spacial score (nSPS) is 14.0. The Morgan fingerprint density at radius 3 is 2.19 bits per heavy atom. The van der Waals surface area contributed by atoms with Gasteiger partial charge in [-0.3, -0.25) is 14.4 Å². The number of nitrogens with zero attached hydrogens (tertiary/aromatic N) is 1. The number of fused-ring (bicyclic) bond motifs is 1. The quantitative estimate of drug-likeness (QED) is 0.447. The van der Waals surface area contributed by atoms with Gasteiger partial charge in [0.1, 0.15) is 6.61 Å². The van der Waals surface area contributed by atoms with Crippen LogP contribution in [0, 0.1) is 11.8 Å². The van der Waals surface area contributed by atoms with Crippen molar-refractivity contribution in [3.8, 4) is 0 Å². The first-order chi connectivity index (χ1) is 15.4. The second-order valence-corrected chi connectivity index (χ2v) is 7.67. The first kappa shape index (κ1) is 22.9. The minimum Gasteiger partial charge on any atom is -0.481 e. The van der Waals surface area contributed by atoms with Gasteiger partial charge in [-0.1, -0.05) is 60.7 Å². The van der Waals surface area contributed by atoms with Crippen molar-refractivity contribution >= 4 is 23.6 Å². The molecule has 0 radical (unpaired) electrons. The number of aliphatic carboxylic acids is 1. The van der Waals surface area contributed by atoms with E-state index in [0.717, 1.165) is 5.56 Å². The number of carbonyl (C=O) groups excluding carboxylic acids is 3. The molecule has 3 rings (SSSR count). The molecule has 0 aliphatic heterocycles. The SMILES string of the molecule is C=CCN(C[C@H](CCC1C(=O)c2ccccc2C1=O)C(=O)O)C(=O)OCc1ccccc1. The van der Waals surface area contributed by atoms with Crippen molar-refractivity contribution in [2.45, 2.75) is 19.4 Å². The van der Waals surface area contributed by atoms with Crippen molar-refractivity contribution in [3.05, 3.63) is 83.9 Å². The zero-order valence-electron chi connectivity index (χ0n) is 17.6. The molecule has 0 aromatic heterocycles. The number of benzene rings is 2. The van der Waals surface area contributed by atoms with E-state index >= 15 is 0 Å². The van der Waals surface area contributed by atoms with Gasteiger partial charge in [0.25, 0.3) is 0 Å². The first-order valence-corrected chi connectivity index (χ1v) is 10.4. The fourth-order valence-electron chi connectivity index (χ4n) is 3.79. The maximum Gasteiger partial charge on any atom is 0.410 e. The molecule has 0 saturated heterocycles. The highest BCUT2D eigenvalue weighted by molar-refractivity contribution is 6.26. The van der Waals surface area contributed by atoms with Gasteiger partial charge in [-0.25, -0.2) is 4.79 Å². The Morgan fingerprint density at radius 1 is 1.03 bits per heavy atom. The van der Waals surface area contributed by atoms with Crippen molar-refractivity contribution < 1.29 is 29.0 Å². The van der Waals surface area contributed by atoms with Crippen LogP contribution >= 0.6 is 0 Å². The van der Waals surface area contributed by atoms with E-state index in [1.54, 1.807) is 24.3 Å². The fraction of sp³-hybridized carbons (Fsp3) is 0.280. The number of carboxylic acids is 1. The Bertz CT molecular complexity index is 981. The van der Waals surface area contributed by atoms with Crippen LogP contribution in [-0.4, -0.2) is 46.7 Å². The van der Waals surface area contributed by atoms with Crippen molar-refractivity contribution in [1.82, 2.24) is 4.90 Å². The largest absolute Gasteiger partial charge is 0.481 e. The fourth-order valence-corrected chi connectivity index (χ4v) is 3.79. The van der Waals surface area contributed by atoms with Gasteiger partial charge in [-0.05, 0) is 18.4 Å². The van der Waals surface area contributed by atoms with Crippen molar-refractivity contribution in [1.29, 1.82) is 0 Å². The maximum absolute atomic E-state index is 12.6. The number of carbonyl (C=O) groups is 4. The Balaban J connectivity index is 1.62. The summed E-state index contributed by atoms with van der Waals surface area (Å²) in [7, 11) is 0. The summed E-state index contributed by atoms with van der Waals surface area (Å²) in [5.41, 5.74) is 1.58. The third kappa shape index (κ3) is 5.29. The summed E-state index contributed by atoms with van der Waals surface area (Å²) in [5.74, 6) is -3.50. The van der Waals surface area contributed by atoms with Gasteiger partial charge in [0, 0.05) is 24.2 Å². The molecule has 7 heteroatoms. The molecule has 1 N–H and O–H groups in total. The summed E-state index contributed by atoms with van der Waals surface area (Å²) in [6.07, 6.45) is 1.01. The van der Waals surface area contributed by atoms with Gasteiger partial charge >= 0.3 is 12.1 Å². The number of rotatable bonds is 10. The van der Waals surface area contributed by atoms with Gasteiger partial charge in [-0.15, -0.1) is 6.58 Å². The van der Waals surface area contributed by atoms with E-state index in [2.05, 4.69) is 6.58 Å². The van der Waals surface area contributed by atoms with E-state index in [1.807, 2.05) is 30.3 Å². The van der Waals surface area contributed by atoms with Crippen molar-refractivity contribution in [2.24, 2.45) is 11.8 Å². The van der Waals surface area contributed by atoms with E-state index in [-0.39, 0.29) is 44.1 Å². The molecule has 7 nitrogen and oxygen atoms in total. The van der Waals surface area contributed by atoms with Crippen LogP contribution < -0.4 is 0 Å². The topological polar surface area (TPSA) is 101 Å². The Labute approximate surface area is 186 Å². The van der Waals surface area contributed by atoms with Crippen LogP contribution in [0.5, 0.6) is 0 Å². The molecule has 1 atom stereocenters. The van der Waals surface area contributed by atoms with Crippen LogP contribution in [0.4, 0.5) is 4.79 Å². The maximum atomic E-state index is 12.6. The number of amides is 1. The number of ketones is 2. The van der Waals surface area contributed by atoms with Crippen LogP contribution in [0.2, 0.25) is 0 Å². The summed E-state index contributed by atoms with van der Waals surface area (Å²) < 4.78 is 5.32. The molecule has 1 aliphatic rings. The standard InChI is InChI=1S/C25H25NO6/c1-2-14-26(25(31)32-16-17-8-4-3-5-9-17)15-18(24(29)30)12-13-21-22(27)19-10-6-7-11-20(19)23(21)28/h2-11,18,21H,1,12-16H2,(H,29,30)/t18-/m0/s1. The molecule has 0 bridgehead atoms. The molecule has 1 amide bonds. The molecule has 166 valence electrons. The molecule has 32 heavy (non-hydrogen) atoms. The number of hydrogen-bond donors (Lipinski definition) is 1. The zero-order chi connectivity index (χ0) is 23.1. The molecule has 0 saturated carbocycles. The van der Waals surface area contributed by atoms with Crippen molar-refractivity contribution in [3.63, 3.8) is 0 Å². The highest BCUT2D eigenvalue weighted by atomic mass is 16.6. The first-order valence-electron chi connectivity index (χ1n) is 10.4. The molecular formula is C25H25NO6. The lowest BCUT2D eigenvalue weighted by Crippen LogP contribution is -2.38. The summed E-state index contributed by atoms with van der Waals surface area (Å²) in [6.45, 7) is 3.68. The van der Waals surface area contributed by atoms with Gasteiger partial charge < -0.3 is 14.7 Å². The Kier molecular flexibility index (Phi) is 7.54. The molecule has 2 aromatic rings. The summed E-state index contributed by atoms with van der Waals surface area (Å²) in [4.78, 5) is 50.8. The predicted molar refractivity (Wildman–Crippen MR) is 117 cm³/mol. The van der Waals surface area contributed by atoms with Gasteiger partial charge in [0.2, 0.25) is 0 Å². The third-order valence-corrected chi connectivity index (χ3v) is 5.50. The predicted octanol–water partition coefficient (Wildman–Crippen LogP) is 3.99. The number of ether oxygens (including phenoxy) is 1. The minimum absolute atomic E-state index is 0.0639.